The molecule has 0 spiro atoms. The molecule has 0 radical (unpaired) electrons. The van der Waals surface area contributed by atoms with Crippen LogP contribution in [0.3, 0.4) is 0 Å². The lowest BCUT2D eigenvalue weighted by molar-refractivity contribution is -0.385. The van der Waals surface area contributed by atoms with Crippen molar-refractivity contribution in [3.8, 4) is 5.75 Å². The molecule has 0 amide bonds. The molecule has 18 heavy (non-hydrogen) atoms. The van der Waals surface area contributed by atoms with Gasteiger partial charge in [0.15, 0.2) is 0 Å². The molecule has 100 valence electrons. The normalized spacial score (nSPS) is 16.6. The fourth-order valence-electron chi connectivity index (χ4n) is 2.23. The highest BCUT2D eigenvalue weighted by Crippen LogP contribution is 2.43. The molecule has 0 bridgehead atoms. The summed E-state index contributed by atoms with van der Waals surface area (Å²) < 4.78 is 0. The predicted molar refractivity (Wildman–Crippen MR) is 71.0 cm³/mol. The number of benzene rings is 1. The SMILES string of the molecule is Cc1ccc([N+](=O)[O-])c([C@@H](N)C2CCC2)c1O.Cl. The molecule has 0 aromatic heterocycles. The number of nitrogens with two attached hydrogens (primary N) is 1. The topological polar surface area (TPSA) is 89.4 Å². The zero-order valence-corrected chi connectivity index (χ0v) is 10.9. The van der Waals surface area contributed by atoms with E-state index >= 15 is 0 Å². The standard InChI is InChI=1S/C12H16N2O3.ClH/c1-7-5-6-9(14(16)17)10(12(7)15)11(13)8-3-2-4-8;/h5-6,8,11,15H,2-4,13H2,1H3;1H/t11-;/m0./s1. The van der Waals surface area contributed by atoms with Gasteiger partial charge in [-0.05, 0) is 37.3 Å². The summed E-state index contributed by atoms with van der Waals surface area (Å²) in [7, 11) is 0. The maximum atomic E-state index is 11.0. The van der Waals surface area contributed by atoms with E-state index < -0.39 is 11.0 Å². The Balaban J connectivity index is 0.00000162. The van der Waals surface area contributed by atoms with Gasteiger partial charge in [0, 0.05) is 12.1 Å². The van der Waals surface area contributed by atoms with Gasteiger partial charge in [0.1, 0.15) is 5.75 Å². The van der Waals surface area contributed by atoms with Crippen LogP contribution in [-0.4, -0.2) is 10.0 Å². The van der Waals surface area contributed by atoms with Crippen molar-refractivity contribution in [2.75, 3.05) is 0 Å². The first-order valence-electron chi connectivity index (χ1n) is 5.74. The summed E-state index contributed by atoms with van der Waals surface area (Å²) in [4.78, 5) is 10.5. The monoisotopic (exact) mass is 272 g/mol. The van der Waals surface area contributed by atoms with Crippen molar-refractivity contribution >= 4 is 18.1 Å². The number of halogens is 1. The molecule has 6 heteroatoms. The lowest BCUT2D eigenvalue weighted by Crippen LogP contribution is -2.27. The quantitative estimate of drug-likeness (QED) is 0.654. The van der Waals surface area contributed by atoms with Gasteiger partial charge in [-0.25, -0.2) is 0 Å². The highest BCUT2D eigenvalue weighted by Gasteiger charge is 2.32. The van der Waals surface area contributed by atoms with Crippen LogP contribution >= 0.6 is 12.4 Å². The Kier molecular flexibility index (Phi) is 4.53. The first-order valence-corrected chi connectivity index (χ1v) is 5.74. The minimum atomic E-state index is -0.479. The third-order valence-electron chi connectivity index (χ3n) is 3.58. The molecular weight excluding hydrogens is 256 g/mol. The van der Waals surface area contributed by atoms with Gasteiger partial charge in [0.25, 0.3) is 5.69 Å². The smallest absolute Gasteiger partial charge is 0.277 e. The Morgan fingerprint density at radius 3 is 2.56 bits per heavy atom. The van der Waals surface area contributed by atoms with Crippen LogP contribution in [0, 0.1) is 23.0 Å². The lowest BCUT2D eigenvalue weighted by atomic mass is 9.77. The average Bonchev–Trinajstić information content (AvgIpc) is 2.18. The number of rotatable bonds is 3. The molecule has 1 aromatic rings. The van der Waals surface area contributed by atoms with E-state index in [1.165, 1.54) is 6.07 Å². The first-order chi connectivity index (χ1) is 8.02. The summed E-state index contributed by atoms with van der Waals surface area (Å²) in [6.07, 6.45) is 3.07. The fourth-order valence-corrected chi connectivity index (χ4v) is 2.23. The van der Waals surface area contributed by atoms with Gasteiger partial charge < -0.3 is 10.8 Å². The Labute approximate surface area is 112 Å². The molecular formula is C12H17ClN2O3. The van der Waals surface area contributed by atoms with E-state index in [1.807, 2.05) is 0 Å². The maximum Gasteiger partial charge on any atom is 0.277 e. The molecule has 3 N–H and O–H groups in total. The lowest BCUT2D eigenvalue weighted by Gasteiger charge is -2.31. The highest BCUT2D eigenvalue weighted by molar-refractivity contribution is 5.85. The van der Waals surface area contributed by atoms with E-state index in [-0.39, 0.29) is 29.8 Å². The zero-order valence-electron chi connectivity index (χ0n) is 10.1. The van der Waals surface area contributed by atoms with Gasteiger partial charge in [-0.3, -0.25) is 10.1 Å². The van der Waals surface area contributed by atoms with Crippen LogP contribution in [-0.2, 0) is 0 Å². The van der Waals surface area contributed by atoms with Crippen LogP contribution in [0.25, 0.3) is 0 Å². The van der Waals surface area contributed by atoms with Crippen molar-refractivity contribution in [3.05, 3.63) is 33.4 Å². The second kappa shape index (κ2) is 5.54. The largest absolute Gasteiger partial charge is 0.507 e. The Hall–Kier alpha value is -1.33. The van der Waals surface area contributed by atoms with Gasteiger partial charge in [-0.2, -0.15) is 0 Å². The summed E-state index contributed by atoms with van der Waals surface area (Å²) in [6, 6.07) is 2.52. The van der Waals surface area contributed by atoms with Crippen molar-refractivity contribution in [3.63, 3.8) is 0 Å². The van der Waals surface area contributed by atoms with Crippen molar-refractivity contribution in [1.29, 1.82) is 0 Å². The Morgan fingerprint density at radius 1 is 1.50 bits per heavy atom. The molecule has 1 saturated carbocycles. The van der Waals surface area contributed by atoms with E-state index in [0.717, 1.165) is 19.3 Å². The summed E-state index contributed by atoms with van der Waals surface area (Å²) >= 11 is 0. The molecule has 0 unspecified atom stereocenters. The van der Waals surface area contributed by atoms with E-state index in [2.05, 4.69) is 0 Å². The zero-order chi connectivity index (χ0) is 12.6. The number of phenolic OH excluding ortho intramolecular Hbond substituents is 1. The van der Waals surface area contributed by atoms with Gasteiger partial charge in [-0.1, -0.05) is 6.42 Å². The minimum Gasteiger partial charge on any atom is -0.507 e. The second-order valence-electron chi connectivity index (χ2n) is 4.64. The van der Waals surface area contributed by atoms with Crippen molar-refractivity contribution in [1.82, 2.24) is 0 Å². The third-order valence-corrected chi connectivity index (χ3v) is 3.58. The van der Waals surface area contributed by atoms with Crippen molar-refractivity contribution in [2.45, 2.75) is 32.2 Å². The van der Waals surface area contributed by atoms with E-state index in [0.29, 0.717) is 11.1 Å². The molecule has 0 heterocycles. The molecule has 5 nitrogen and oxygen atoms in total. The fraction of sp³-hybridized carbons (Fsp3) is 0.500. The summed E-state index contributed by atoms with van der Waals surface area (Å²) in [6.45, 7) is 1.72. The summed E-state index contributed by atoms with van der Waals surface area (Å²) in [5, 5.41) is 20.9. The molecule has 1 aliphatic carbocycles. The molecule has 1 fully saturated rings. The third kappa shape index (κ3) is 2.42. The molecule has 2 rings (SSSR count). The van der Waals surface area contributed by atoms with Crippen LogP contribution in [0.1, 0.15) is 36.4 Å². The summed E-state index contributed by atoms with van der Waals surface area (Å²) in [5.41, 5.74) is 6.88. The van der Waals surface area contributed by atoms with Gasteiger partial charge in [-0.15, -0.1) is 12.4 Å². The number of nitro groups is 1. The van der Waals surface area contributed by atoms with Crippen LogP contribution in [0.4, 0.5) is 5.69 Å². The maximum absolute atomic E-state index is 11.0. The van der Waals surface area contributed by atoms with Gasteiger partial charge in [0.05, 0.1) is 10.5 Å². The van der Waals surface area contributed by atoms with Gasteiger partial charge in [0.2, 0.25) is 0 Å². The van der Waals surface area contributed by atoms with Gasteiger partial charge >= 0.3 is 0 Å². The van der Waals surface area contributed by atoms with Crippen LogP contribution in [0.15, 0.2) is 12.1 Å². The number of hydrogen-bond acceptors (Lipinski definition) is 4. The van der Waals surface area contributed by atoms with Crippen LogP contribution < -0.4 is 5.73 Å². The van der Waals surface area contributed by atoms with E-state index in [4.69, 9.17) is 5.73 Å². The molecule has 1 atom stereocenters. The second-order valence-corrected chi connectivity index (χ2v) is 4.64. The average molecular weight is 273 g/mol. The Bertz CT molecular complexity index is 461. The van der Waals surface area contributed by atoms with Crippen molar-refractivity contribution in [2.24, 2.45) is 11.7 Å². The van der Waals surface area contributed by atoms with E-state index in [1.54, 1.807) is 13.0 Å². The number of phenols is 1. The highest BCUT2D eigenvalue weighted by atomic mass is 35.5. The van der Waals surface area contributed by atoms with Crippen molar-refractivity contribution < 1.29 is 10.0 Å². The number of nitrogens with zero attached hydrogens (tertiary/aromatic N) is 1. The Morgan fingerprint density at radius 2 is 2.11 bits per heavy atom. The number of aromatic hydroxyl groups is 1. The number of nitro benzene ring substituents is 1. The van der Waals surface area contributed by atoms with Crippen LogP contribution in [0.2, 0.25) is 0 Å². The molecule has 0 saturated heterocycles. The predicted octanol–water partition coefficient (Wildman–Crippen LogP) is 2.83. The molecule has 0 aliphatic heterocycles. The minimum absolute atomic E-state index is 0. The van der Waals surface area contributed by atoms with Crippen LogP contribution in [0.5, 0.6) is 5.75 Å². The summed E-state index contributed by atoms with van der Waals surface area (Å²) in [5.74, 6) is 0.222. The number of aryl methyl sites for hydroxylation is 1. The molecule has 1 aromatic carbocycles. The number of hydrogen-bond donors (Lipinski definition) is 2. The first kappa shape index (κ1) is 14.7. The molecule has 1 aliphatic rings. The van der Waals surface area contributed by atoms with E-state index in [9.17, 15) is 15.2 Å².